The van der Waals surface area contributed by atoms with Gasteiger partial charge in [-0.15, -0.1) is 0 Å². The molecular formula is C15H16N2O4. The molecule has 110 valence electrons. The van der Waals surface area contributed by atoms with Crippen LogP contribution in [-0.4, -0.2) is 28.5 Å². The molecule has 1 heterocycles. The van der Waals surface area contributed by atoms with Gasteiger partial charge in [-0.05, 0) is 26.0 Å². The van der Waals surface area contributed by atoms with Gasteiger partial charge in [0.05, 0.1) is 5.41 Å². The molecule has 21 heavy (non-hydrogen) atoms. The molecule has 0 aliphatic rings. The summed E-state index contributed by atoms with van der Waals surface area (Å²) in [7, 11) is 0. The molecule has 0 unspecified atom stereocenters. The molecule has 0 bridgehead atoms. The number of rotatable bonds is 5. The van der Waals surface area contributed by atoms with Crippen LogP contribution in [0.15, 0.2) is 34.8 Å². The second-order valence-electron chi connectivity index (χ2n) is 5.26. The van der Waals surface area contributed by atoms with Crippen molar-refractivity contribution in [2.75, 3.05) is 6.54 Å². The van der Waals surface area contributed by atoms with Crippen LogP contribution < -0.4 is 5.32 Å². The average molecular weight is 288 g/mol. The largest absolute Gasteiger partial charge is 0.481 e. The molecule has 6 nitrogen and oxygen atoms in total. The highest BCUT2D eigenvalue weighted by Crippen LogP contribution is 2.15. The number of hydrogen-bond acceptors (Lipinski definition) is 4. The van der Waals surface area contributed by atoms with Crippen LogP contribution in [0.1, 0.15) is 19.7 Å². The lowest BCUT2D eigenvalue weighted by molar-refractivity contribution is -0.146. The maximum absolute atomic E-state index is 11.6. The molecule has 2 aromatic rings. The van der Waals surface area contributed by atoms with E-state index >= 15 is 0 Å². The van der Waals surface area contributed by atoms with Crippen LogP contribution in [0.4, 0.5) is 0 Å². The molecule has 0 atom stereocenters. The Balaban J connectivity index is 1.97. The summed E-state index contributed by atoms with van der Waals surface area (Å²) in [6.07, 6.45) is 2.71. The molecule has 6 heteroatoms. The molecule has 0 aliphatic heterocycles. The molecule has 0 fully saturated rings. The number of aromatic nitrogens is 1. The van der Waals surface area contributed by atoms with E-state index in [0.29, 0.717) is 17.0 Å². The van der Waals surface area contributed by atoms with E-state index in [-0.39, 0.29) is 6.54 Å². The minimum Gasteiger partial charge on any atom is -0.481 e. The van der Waals surface area contributed by atoms with Gasteiger partial charge >= 0.3 is 5.97 Å². The first-order valence-electron chi connectivity index (χ1n) is 6.43. The van der Waals surface area contributed by atoms with Crippen LogP contribution in [0, 0.1) is 5.41 Å². The highest BCUT2D eigenvalue weighted by Gasteiger charge is 2.27. The zero-order valence-electron chi connectivity index (χ0n) is 11.8. The van der Waals surface area contributed by atoms with E-state index in [1.54, 1.807) is 19.9 Å². The van der Waals surface area contributed by atoms with E-state index in [1.165, 1.54) is 12.2 Å². The summed E-state index contributed by atoms with van der Waals surface area (Å²) in [5.74, 6) is -1.04. The van der Waals surface area contributed by atoms with Gasteiger partial charge in [0.15, 0.2) is 5.58 Å². The third-order valence-corrected chi connectivity index (χ3v) is 2.97. The average Bonchev–Trinajstić information content (AvgIpc) is 2.85. The highest BCUT2D eigenvalue weighted by molar-refractivity contribution is 5.91. The summed E-state index contributed by atoms with van der Waals surface area (Å²) in [6.45, 7) is 3.12. The molecule has 0 aliphatic carbocycles. The number of carbonyl (C=O) groups is 2. The maximum Gasteiger partial charge on any atom is 0.310 e. The number of carboxylic acid groups (broad SMARTS) is 1. The Morgan fingerprint density at radius 3 is 2.76 bits per heavy atom. The van der Waals surface area contributed by atoms with Crippen molar-refractivity contribution in [1.82, 2.24) is 10.3 Å². The van der Waals surface area contributed by atoms with E-state index in [1.807, 2.05) is 18.2 Å². The third-order valence-electron chi connectivity index (χ3n) is 2.97. The van der Waals surface area contributed by atoms with Gasteiger partial charge in [-0.2, -0.15) is 0 Å². The summed E-state index contributed by atoms with van der Waals surface area (Å²) in [5.41, 5.74) is 0.343. The Labute approximate surface area is 121 Å². The van der Waals surface area contributed by atoms with Crippen LogP contribution >= 0.6 is 0 Å². The standard InChI is InChI=1S/C15H16N2O4/c1-15(2,14(19)20)9-16-12(18)7-8-13-17-10-5-3-4-6-11(10)21-13/h3-8H,9H2,1-2H3,(H,16,18)(H,19,20)/b8-7+. The first kappa shape index (κ1) is 14.8. The normalized spacial score (nSPS) is 11.9. The molecule has 0 radical (unpaired) electrons. The van der Waals surface area contributed by atoms with Gasteiger partial charge < -0.3 is 14.8 Å². The van der Waals surface area contributed by atoms with Gasteiger partial charge in [-0.1, -0.05) is 12.1 Å². The number of nitrogens with zero attached hydrogens (tertiary/aromatic N) is 1. The number of carboxylic acids is 1. The fraction of sp³-hybridized carbons (Fsp3) is 0.267. The molecule has 0 spiro atoms. The lowest BCUT2D eigenvalue weighted by Crippen LogP contribution is -2.38. The summed E-state index contributed by atoms with van der Waals surface area (Å²) in [5, 5.41) is 11.5. The molecule has 2 rings (SSSR count). The van der Waals surface area contributed by atoms with Gasteiger partial charge in [0, 0.05) is 18.7 Å². The van der Waals surface area contributed by atoms with E-state index in [4.69, 9.17) is 9.52 Å². The van der Waals surface area contributed by atoms with Crippen LogP contribution in [0.5, 0.6) is 0 Å². The monoisotopic (exact) mass is 288 g/mol. The Kier molecular flexibility index (Phi) is 4.07. The molecule has 1 aromatic heterocycles. The van der Waals surface area contributed by atoms with Crippen LogP contribution in [-0.2, 0) is 9.59 Å². The lowest BCUT2D eigenvalue weighted by atomic mass is 9.94. The zero-order valence-corrected chi connectivity index (χ0v) is 11.8. The third kappa shape index (κ3) is 3.68. The Hall–Kier alpha value is -2.63. The second kappa shape index (κ2) is 5.78. The van der Waals surface area contributed by atoms with Crippen molar-refractivity contribution in [1.29, 1.82) is 0 Å². The van der Waals surface area contributed by atoms with Crippen molar-refractivity contribution in [3.05, 3.63) is 36.2 Å². The number of para-hydroxylation sites is 2. The number of carbonyl (C=O) groups excluding carboxylic acids is 1. The van der Waals surface area contributed by atoms with Crippen molar-refractivity contribution >= 4 is 29.1 Å². The summed E-state index contributed by atoms with van der Waals surface area (Å²) in [4.78, 5) is 26.8. The Morgan fingerprint density at radius 1 is 1.38 bits per heavy atom. The first-order chi connectivity index (χ1) is 9.88. The number of hydrogen-bond donors (Lipinski definition) is 2. The molecule has 2 N–H and O–H groups in total. The van der Waals surface area contributed by atoms with Crippen molar-refractivity contribution in [3.8, 4) is 0 Å². The molecule has 0 saturated carbocycles. The number of amides is 1. The van der Waals surface area contributed by atoms with Gasteiger partial charge in [-0.25, -0.2) is 4.98 Å². The highest BCUT2D eigenvalue weighted by atomic mass is 16.4. The minimum absolute atomic E-state index is 0.0407. The number of fused-ring (bicyclic) bond motifs is 1. The maximum atomic E-state index is 11.6. The number of oxazole rings is 1. The predicted octanol–water partition coefficient (Wildman–Crippen LogP) is 2.07. The van der Waals surface area contributed by atoms with Crippen LogP contribution in [0.2, 0.25) is 0 Å². The van der Waals surface area contributed by atoms with Gasteiger partial charge in [0.2, 0.25) is 11.8 Å². The van der Waals surface area contributed by atoms with Crippen molar-refractivity contribution in [2.24, 2.45) is 5.41 Å². The summed E-state index contributed by atoms with van der Waals surface area (Å²) >= 11 is 0. The zero-order chi connectivity index (χ0) is 15.5. The fourth-order valence-corrected chi connectivity index (χ4v) is 1.55. The van der Waals surface area contributed by atoms with E-state index < -0.39 is 17.3 Å². The molecule has 1 aromatic carbocycles. The van der Waals surface area contributed by atoms with Crippen LogP contribution in [0.25, 0.3) is 17.2 Å². The Morgan fingerprint density at radius 2 is 2.10 bits per heavy atom. The topological polar surface area (TPSA) is 92.4 Å². The van der Waals surface area contributed by atoms with E-state index in [0.717, 1.165) is 0 Å². The van der Waals surface area contributed by atoms with Crippen molar-refractivity contribution in [2.45, 2.75) is 13.8 Å². The molecule has 1 amide bonds. The van der Waals surface area contributed by atoms with E-state index in [9.17, 15) is 9.59 Å². The number of aliphatic carboxylic acids is 1. The van der Waals surface area contributed by atoms with E-state index in [2.05, 4.69) is 10.3 Å². The smallest absolute Gasteiger partial charge is 0.310 e. The summed E-state index contributed by atoms with van der Waals surface area (Å²) in [6, 6.07) is 7.28. The molecular weight excluding hydrogens is 272 g/mol. The first-order valence-corrected chi connectivity index (χ1v) is 6.43. The van der Waals surface area contributed by atoms with Gasteiger partial charge in [0.1, 0.15) is 5.52 Å². The van der Waals surface area contributed by atoms with Crippen LogP contribution in [0.3, 0.4) is 0 Å². The lowest BCUT2D eigenvalue weighted by Gasteiger charge is -2.18. The predicted molar refractivity (Wildman–Crippen MR) is 77.5 cm³/mol. The summed E-state index contributed by atoms with van der Waals surface area (Å²) < 4.78 is 5.43. The molecule has 0 saturated heterocycles. The quantitative estimate of drug-likeness (QED) is 0.822. The second-order valence-corrected chi connectivity index (χ2v) is 5.26. The van der Waals surface area contributed by atoms with Gasteiger partial charge in [0.25, 0.3) is 0 Å². The minimum atomic E-state index is -1.01. The SMILES string of the molecule is CC(C)(CNC(=O)/C=C/c1nc2ccccc2o1)C(=O)O. The number of nitrogens with one attached hydrogen (secondary N) is 1. The fourth-order valence-electron chi connectivity index (χ4n) is 1.55. The van der Waals surface area contributed by atoms with Gasteiger partial charge in [-0.3, -0.25) is 9.59 Å². The Bertz CT molecular complexity index is 668. The number of benzene rings is 1. The van der Waals surface area contributed by atoms with Crippen molar-refractivity contribution in [3.63, 3.8) is 0 Å². The van der Waals surface area contributed by atoms with Crippen molar-refractivity contribution < 1.29 is 19.1 Å².